The molecule has 2 aromatic rings. The van der Waals surface area contributed by atoms with E-state index in [0.29, 0.717) is 19.5 Å². The summed E-state index contributed by atoms with van der Waals surface area (Å²) in [6, 6.07) is 10.0. The number of nitrogens with two attached hydrogens (primary N) is 1. The summed E-state index contributed by atoms with van der Waals surface area (Å²) in [5.74, 6) is 0. The molecule has 0 saturated heterocycles. The summed E-state index contributed by atoms with van der Waals surface area (Å²) >= 11 is 0. The van der Waals surface area contributed by atoms with Crippen LogP contribution < -0.4 is 11.3 Å². The lowest BCUT2D eigenvalue weighted by Gasteiger charge is -2.22. The summed E-state index contributed by atoms with van der Waals surface area (Å²) in [7, 11) is 0. The zero-order valence-corrected chi connectivity index (χ0v) is 11.9. The average Bonchev–Trinajstić information content (AvgIpc) is 2.39. The molecule has 1 aromatic carbocycles. The molecule has 0 aliphatic heterocycles. The number of aryl methyl sites for hydroxylation is 1. The smallest absolute Gasteiger partial charge is 0.254 e. The minimum Gasteiger partial charge on any atom is -0.330 e. The molecule has 0 unspecified atom stereocenters. The first kappa shape index (κ1) is 13.8. The molecule has 2 rings (SSSR count). The van der Waals surface area contributed by atoms with Gasteiger partial charge in [0.25, 0.3) is 5.56 Å². The van der Waals surface area contributed by atoms with Gasteiger partial charge in [0.1, 0.15) is 0 Å². The summed E-state index contributed by atoms with van der Waals surface area (Å²) in [5.41, 5.74) is 7.71. The minimum atomic E-state index is -0.0484. The summed E-state index contributed by atoms with van der Waals surface area (Å²) in [6.45, 7) is 7.46. The quantitative estimate of drug-likeness (QED) is 0.916. The predicted molar refractivity (Wildman–Crippen MR) is 80.4 cm³/mol. The fraction of sp³-hybridized carbons (Fsp3) is 0.438. The lowest BCUT2D eigenvalue weighted by Crippen LogP contribution is -2.31. The molecule has 102 valence electrons. The van der Waals surface area contributed by atoms with Gasteiger partial charge in [0, 0.05) is 12.1 Å². The van der Waals surface area contributed by atoms with E-state index in [1.807, 2.05) is 35.8 Å². The van der Waals surface area contributed by atoms with Crippen molar-refractivity contribution in [3.8, 4) is 0 Å². The van der Waals surface area contributed by atoms with Gasteiger partial charge >= 0.3 is 0 Å². The van der Waals surface area contributed by atoms with Gasteiger partial charge in [-0.15, -0.1) is 0 Å². The first-order valence-corrected chi connectivity index (χ1v) is 6.80. The maximum absolute atomic E-state index is 12.5. The Morgan fingerprint density at radius 2 is 1.95 bits per heavy atom. The minimum absolute atomic E-state index is 0.0484. The van der Waals surface area contributed by atoms with Crippen LogP contribution in [0.4, 0.5) is 0 Å². The van der Waals surface area contributed by atoms with Crippen molar-refractivity contribution in [1.82, 2.24) is 4.57 Å². The number of rotatable bonds is 4. The zero-order chi connectivity index (χ0) is 14.0. The number of hydrogen-bond donors (Lipinski definition) is 1. The molecule has 0 spiro atoms. The summed E-state index contributed by atoms with van der Waals surface area (Å²) in [6.07, 6.45) is 0.715. The number of benzene rings is 1. The van der Waals surface area contributed by atoms with Crippen LogP contribution in [-0.2, 0) is 13.0 Å². The van der Waals surface area contributed by atoms with Gasteiger partial charge in [0.15, 0.2) is 0 Å². The molecule has 1 aromatic heterocycles. The molecule has 3 nitrogen and oxygen atoms in total. The van der Waals surface area contributed by atoms with Crippen molar-refractivity contribution in [2.75, 3.05) is 6.54 Å². The van der Waals surface area contributed by atoms with Crippen molar-refractivity contribution < 1.29 is 0 Å². The topological polar surface area (TPSA) is 48.0 Å². The highest BCUT2D eigenvalue weighted by atomic mass is 16.1. The van der Waals surface area contributed by atoms with Gasteiger partial charge in [-0.05, 0) is 42.8 Å². The first-order valence-electron chi connectivity index (χ1n) is 6.80. The fourth-order valence-corrected chi connectivity index (χ4v) is 2.42. The SMILES string of the molecule is CCn1c(=O)c(CC(C)(C)CN)cc2ccccc21. The zero-order valence-electron chi connectivity index (χ0n) is 11.9. The second-order valence-electron chi connectivity index (χ2n) is 5.82. The summed E-state index contributed by atoms with van der Waals surface area (Å²) < 4.78 is 1.84. The number of nitrogens with zero attached hydrogens (tertiary/aromatic N) is 1. The van der Waals surface area contributed by atoms with Crippen LogP contribution in [0.5, 0.6) is 0 Å². The van der Waals surface area contributed by atoms with E-state index in [1.165, 1.54) is 0 Å². The largest absolute Gasteiger partial charge is 0.330 e. The molecule has 0 amide bonds. The Morgan fingerprint density at radius 3 is 2.58 bits per heavy atom. The molecule has 0 radical (unpaired) electrons. The average molecular weight is 258 g/mol. The van der Waals surface area contributed by atoms with Gasteiger partial charge in [0.05, 0.1) is 5.52 Å². The van der Waals surface area contributed by atoms with Crippen molar-refractivity contribution in [1.29, 1.82) is 0 Å². The lowest BCUT2D eigenvalue weighted by molar-refractivity contribution is 0.374. The van der Waals surface area contributed by atoms with E-state index >= 15 is 0 Å². The molecular weight excluding hydrogens is 236 g/mol. The van der Waals surface area contributed by atoms with E-state index in [2.05, 4.69) is 19.9 Å². The molecule has 1 heterocycles. The Bertz CT molecular complexity index is 641. The van der Waals surface area contributed by atoms with Crippen molar-refractivity contribution in [2.45, 2.75) is 33.7 Å². The molecule has 0 bridgehead atoms. The number of hydrogen-bond acceptors (Lipinski definition) is 2. The highest BCUT2D eigenvalue weighted by molar-refractivity contribution is 5.79. The van der Waals surface area contributed by atoms with E-state index in [9.17, 15) is 4.79 Å². The molecule has 0 aliphatic carbocycles. The highest BCUT2D eigenvalue weighted by Gasteiger charge is 2.19. The summed E-state index contributed by atoms with van der Waals surface area (Å²) in [4.78, 5) is 12.5. The van der Waals surface area contributed by atoms with Gasteiger partial charge in [-0.25, -0.2) is 0 Å². The fourth-order valence-electron chi connectivity index (χ4n) is 2.42. The van der Waals surface area contributed by atoms with Gasteiger partial charge in [0.2, 0.25) is 0 Å². The molecule has 3 heteroatoms. The van der Waals surface area contributed by atoms with Gasteiger partial charge in [-0.1, -0.05) is 32.0 Å². The van der Waals surface area contributed by atoms with Crippen LogP contribution in [0.2, 0.25) is 0 Å². The van der Waals surface area contributed by atoms with Crippen LogP contribution >= 0.6 is 0 Å². The van der Waals surface area contributed by atoms with Crippen LogP contribution in [0, 0.1) is 5.41 Å². The Balaban J connectivity index is 2.63. The monoisotopic (exact) mass is 258 g/mol. The third kappa shape index (κ3) is 2.71. The molecule has 0 fully saturated rings. The van der Waals surface area contributed by atoms with Crippen molar-refractivity contribution >= 4 is 10.9 Å². The Labute approximate surface area is 114 Å². The summed E-state index contributed by atoms with van der Waals surface area (Å²) in [5, 5.41) is 1.12. The third-order valence-corrected chi connectivity index (χ3v) is 3.61. The standard InChI is InChI=1S/C16H22N2O/c1-4-18-14-8-6-5-7-12(14)9-13(15(18)19)10-16(2,3)11-17/h5-9H,4,10-11,17H2,1-3H3. The van der Waals surface area contributed by atoms with E-state index in [1.54, 1.807) is 0 Å². The molecule has 19 heavy (non-hydrogen) atoms. The van der Waals surface area contributed by atoms with E-state index in [0.717, 1.165) is 16.5 Å². The number of aromatic nitrogens is 1. The van der Waals surface area contributed by atoms with E-state index in [4.69, 9.17) is 5.73 Å². The Morgan fingerprint density at radius 1 is 1.26 bits per heavy atom. The highest BCUT2D eigenvalue weighted by Crippen LogP contribution is 2.21. The van der Waals surface area contributed by atoms with Gasteiger partial charge < -0.3 is 10.3 Å². The third-order valence-electron chi connectivity index (χ3n) is 3.61. The molecule has 0 saturated carbocycles. The number of pyridine rings is 1. The molecular formula is C16H22N2O. The van der Waals surface area contributed by atoms with E-state index < -0.39 is 0 Å². The van der Waals surface area contributed by atoms with Crippen LogP contribution in [-0.4, -0.2) is 11.1 Å². The number of para-hydroxylation sites is 1. The maximum Gasteiger partial charge on any atom is 0.254 e. The van der Waals surface area contributed by atoms with Crippen molar-refractivity contribution in [3.05, 3.63) is 46.2 Å². The molecule has 0 atom stereocenters. The van der Waals surface area contributed by atoms with Crippen molar-refractivity contribution in [2.24, 2.45) is 11.1 Å². The Hall–Kier alpha value is -1.61. The van der Waals surface area contributed by atoms with Gasteiger partial charge in [-0.2, -0.15) is 0 Å². The molecule has 0 aliphatic rings. The van der Waals surface area contributed by atoms with E-state index in [-0.39, 0.29) is 11.0 Å². The lowest BCUT2D eigenvalue weighted by atomic mass is 9.86. The Kier molecular flexibility index (Phi) is 3.76. The van der Waals surface area contributed by atoms with Crippen LogP contribution in [0.1, 0.15) is 26.3 Å². The second kappa shape index (κ2) is 5.17. The van der Waals surface area contributed by atoms with Crippen LogP contribution in [0.15, 0.2) is 35.1 Å². The maximum atomic E-state index is 12.5. The second-order valence-corrected chi connectivity index (χ2v) is 5.82. The van der Waals surface area contributed by atoms with Gasteiger partial charge in [-0.3, -0.25) is 4.79 Å². The molecule has 2 N–H and O–H groups in total. The normalized spacial score (nSPS) is 12.0. The van der Waals surface area contributed by atoms with Crippen LogP contribution in [0.3, 0.4) is 0 Å². The van der Waals surface area contributed by atoms with Crippen molar-refractivity contribution in [3.63, 3.8) is 0 Å². The number of fused-ring (bicyclic) bond motifs is 1. The van der Waals surface area contributed by atoms with Crippen LogP contribution in [0.25, 0.3) is 10.9 Å². The first-order chi connectivity index (χ1) is 8.98. The predicted octanol–water partition coefficient (Wildman–Crippen LogP) is 2.55.